The van der Waals surface area contributed by atoms with Crippen LogP contribution in [0.3, 0.4) is 0 Å². The number of aryl methyl sites for hydroxylation is 1. The van der Waals surface area contributed by atoms with E-state index in [9.17, 15) is 9.59 Å². The molecule has 1 amide bonds. The van der Waals surface area contributed by atoms with Crippen LogP contribution in [0, 0.1) is 0 Å². The molecule has 0 fully saturated rings. The summed E-state index contributed by atoms with van der Waals surface area (Å²) in [4.78, 5) is 23.6. The number of nitrogens with zero attached hydrogens (tertiary/aromatic N) is 2. The van der Waals surface area contributed by atoms with Crippen molar-refractivity contribution in [2.75, 3.05) is 5.32 Å². The van der Waals surface area contributed by atoms with Gasteiger partial charge in [0.25, 0.3) is 5.91 Å². The van der Waals surface area contributed by atoms with Crippen molar-refractivity contribution in [2.45, 2.75) is 38.6 Å². The summed E-state index contributed by atoms with van der Waals surface area (Å²) in [6.45, 7) is 2.48. The summed E-state index contributed by atoms with van der Waals surface area (Å²) in [6.07, 6.45) is 4.63. The number of hydrogen-bond acceptors (Lipinski definition) is 3. The third-order valence-corrected chi connectivity index (χ3v) is 4.24. The molecule has 0 saturated heterocycles. The van der Waals surface area contributed by atoms with Gasteiger partial charge in [0.1, 0.15) is 0 Å². The Morgan fingerprint density at radius 2 is 2.17 bits per heavy atom. The zero-order chi connectivity index (χ0) is 16.4. The van der Waals surface area contributed by atoms with E-state index in [2.05, 4.69) is 10.4 Å². The molecule has 6 nitrogen and oxygen atoms in total. The Hall–Kier alpha value is -2.63. The fourth-order valence-corrected chi connectivity index (χ4v) is 2.84. The fraction of sp³-hybridized carbons (Fsp3) is 0.353. The van der Waals surface area contributed by atoms with Crippen LogP contribution in [0.1, 0.15) is 47.3 Å². The maximum Gasteiger partial charge on any atom is 0.310 e. The number of aromatic nitrogens is 2. The van der Waals surface area contributed by atoms with Gasteiger partial charge >= 0.3 is 5.97 Å². The molecule has 2 aromatic rings. The largest absolute Gasteiger partial charge is 0.481 e. The van der Waals surface area contributed by atoms with Crippen LogP contribution in [0.5, 0.6) is 0 Å². The molecule has 1 atom stereocenters. The van der Waals surface area contributed by atoms with Crippen LogP contribution in [0.25, 0.3) is 0 Å². The molecule has 1 aliphatic heterocycles. The van der Waals surface area contributed by atoms with E-state index < -0.39 is 11.9 Å². The van der Waals surface area contributed by atoms with Gasteiger partial charge in [-0.1, -0.05) is 12.1 Å². The highest BCUT2D eigenvalue weighted by Crippen LogP contribution is 2.22. The minimum Gasteiger partial charge on any atom is -0.481 e. The molecule has 6 heteroatoms. The fourth-order valence-electron chi connectivity index (χ4n) is 2.84. The first kappa shape index (κ1) is 15.3. The molecular weight excluding hydrogens is 294 g/mol. The molecule has 1 aliphatic rings. The van der Waals surface area contributed by atoms with Crippen molar-refractivity contribution in [3.63, 3.8) is 0 Å². The summed E-state index contributed by atoms with van der Waals surface area (Å²) >= 11 is 0. The Morgan fingerprint density at radius 3 is 2.96 bits per heavy atom. The zero-order valence-electron chi connectivity index (χ0n) is 13.0. The lowest BCUT2D eigenvalue weighted by Gasteiger charge is -2.15. The number of fused-ring (bicyclic) bond motifs is 1. The van der Waals surface area contributed by atoms with Gasteiger partial charge in [0.15, 0.2) is 0 Å². The van der Waals surface area contributed by atoms with Crippen molar-refractivity contribution >= 4 is 17.6 Å². The molecule has 1 aromatic carbocycles. The predicted octanol–water partition coefficient (Wildman–Crippen LogP) is 2.66. The van der Waals surface area contributed by atoms with E-state index in [4.69, 9.17) is 5.11 Å². The lowest BCUT2D eigenvalue weighted by molar-refractivity contribution is -0.138. The van der Waals surface area contributed by atoms with Gasteiger partial charge in [0.05, 0.1) is 23.4 Å². The average molecular weight is 313 g/mol. The first-order valence-electron chi connectivity index (χ1n) is 7.75. The Morgan fingerprint density at radius 1 is 1.35 bits per heavy atom. The Labute approximate surface area is 134 Å². The van der Waals surface area contributed by atoms with Gasteiger partial charge in [-0.2, -0.15) is 5.10 Å². The van der Waals surface area contributed by atoms with Gasteiger partial charge < -0.3 is 10.4 Å². The maximum atomic E-state index is 12.5. The Bertz CT molecular complexity index is 751. The normalized spacial score (nSPS) is 14.8. The second-order valence-electron chi connectivity index (χ2n) is 5.82. The van der Waals surface area contributed by atoms with E-state index in [1.165, 1.54) is 0 Å². The van der Waals surface area contributed by atoms with Crippen LogP contribution in [0.4, 0.5) is 5.69 Å². The molecule has 0 radical (unpaired) electrons. The third-order valence-electron chi connectivity index (χ3n) is 4.24. The molecule has 23 heavy (non-hydrogen) atoms. The van der Waals surface area contributed by atoms with E-state index >= 15 is 0 Å². The van der Waals surface area contributed by atoms with Crippen LogP contribution in [0.15, 0.2) is 30.5 Å². The standard InChI is InChI=1S/C17H19N3O3/c1-11(17(22)23)12-5-4-6-13(9-12)19-16(21)14-10-18-20-8-3-2-7-15(14)20/h4-6,9-11H,2-3,7-8H2,1H3,(H,19,21)(H,22,23). The number of anilines is 1. The lowest BCUT2D eigenvalue weighted by Crippen LogP contribution is -2.17. The quantitative estimate of drug-likeness (QED) is 0.909. The van der Waals surface area contributed by atoms with Crippen molar-refractivity contribution in [2.24, 2.45) is 0 Å². The summed E-state index contributed by atoms with van der Waals surface area (Å²) in [6, 6.07) is 6.95. The zero-order valence-corrected chi connectivity index (χ0v) is 13.0. The smallest absolute Gasteiger partial charge is 0.310 e. The molecule has 0 spiro atoms. The molecule has 3 rings (SSSR count). The summed E-state index contributed by atoms with van der Waals surface area (Å²) in [5.74, 6) is -1.71. The second kappa shape index (κ2) is 6.24. The van der Waals surface area contributed by atoms with E-state index in [0.29, 0.717) is 16.8 Å². The van der Waals surface area contributed by atoms with Gasteiger partial charge in [-0.05, 0) is 43.9 Å². The SMILES string of the molecule is CC(C(=O)O)c1cccc(NC(=O)c2cnn3c2CCCC3)c1. The first-order chi connectivity index (χ1) is 11.1. The van der Waals surface area contributed by atoms with Gasteiger partial charge in [-0.15, -0.1) is 0 Å². The maximum absolute atomic E-state index is 12.5. The molecule has 1 aromatic heterocycles. The third kappa shape index (κ3) is 3.11. The number of benzene rings is 1. The Balaban J connectivity index is 1.79. The highest BCUT2D eigenvalue weighted by Gasteiger charge is 2.20. The Kier molecular flexibility index (Phi) is 4.14. The van der Waals surface area contributed by atoms with Crippen molar-refractivity contribution < 1.29 is 14.7 Å². The van der Waals surface area contributed by atoms with E-state index in [-0.39, 0.29) is 5.91 Å². The van der Waals surface area contributed by atoms with Crippen LogP contribution in [-0.4, -0.2) is 26.8 Å². The number of amides is 1. The summed E-state index contributed by atoms with van der Waals surface area (Å²) in [5, 5.41) is 16.2. The minimum atomic E-state index is -0.890. The molecule has 2 N–H and O–H groups in total. The van der Waals surface area contributed by atoms with E-state index in [0.717, 1.165) is 31.5 Å². The average Bonchev–Trinajstić information content (AvgIpc) is 2.98. The van der Waals surface area contributed by atoms with Crippen LogP contribution in [0.2, 0.25) is 0 Å². The van der Waals surface area contributed by atoms with Crippen molar-refractivity contribution in [1.29, 1.82) is 0 Å². The topological polar surface area (TPSA) is 84.2 Å². The van der Waals surface area contributed by atoms with Crippen molar-refractivity contribution in [3.05, 3.63) is 47.3 Å². The predicted molar refractivity (Wildman–Crippen MR) is 85.6 cm³/mol. The summed E-state index contributed by atoms with van der Waals surface area (Å²) in [5.41, 5.74) is 2.83. The molecule has 120 valence electrons. The number of rotatable bonds is 4. The van der Waals surface area contributed by atoms with E-state index in [1.54, 1.807) is 37.4 Å². The van der Waals surface area contributed by atoms with Crippen molar-refractivity contribution in [3.8, 4) is 0 Å². The number of carbonyl (C=O) groups is 2. The molecule has 2 heterocycles. The molecule has 0 aliphatic carbocycles. The summed E-state index contributed by atoms with van der Waals surface area (Å²) < 4.78 is 1.89. The number of carboxylic acid groups (broad SMARTS) is 1. The second-order valence-corrected chi connectivity index (χ2v) is 5.82. The van der Waals surface area contributed by atoms with E-state index in [1.807, 2.05) is 4.68 Å². The number of hydrogen-bond donors (Lipinski definition) is 2. The van der Waals surface area contributed by atoms with Gasteiger partial charge in [-0.3, -0.25) is 14.3 Å². The molecule has 1 unspecified atom stereocenters. The molecule has 0 saturated carbocycles. The first-order valence-corrected chi connectivity index (χ1v) is 7.75. The van der Waals surface area contributed by atoms with Gasteiger partial charge in [0.2, 0.25) is 0 Å². The summed E-state index contributed by atoms with van der Waals surface area (Å²) in [7, 11) is 0. The number of carbonyl (C=O) groups excluding carboxylic acids is 1. The van der Waals surface area contributed by atoms with Crippen LogP contribution in [-0.2, 0) is 17.8 Å². The van der Waals surface area contributed by atoms with Crippen LogP contribution < -0.4 is 5.32 Å². The highest BCUT2D eigenvalue weighted by atomic mass is 16.4. The van der Waals surface area contributed by atoms with Crippen LogP contribution >= 0.6 is 0 Å². The number of aliphatic carboxylic acids is 1. The lowest BCUT2D eigenvalue weighted by atomic mass is 10.0. The minimum absolute atomic E-state index is 0.201. The number of carboxylic acids is 1. The molecule has 0 bridgehead atoms. The van der Waals surface area contributed by atoms with Crippen molar-refractivity contribution in [1.82, 2.24) is 9.78 Å². The molecular formula is C17H19N3O3. The van der Waals surface area contributed by atoms with Gasteiger partial charge in [0, 0.05) is 12.2 Å². The number of nitrogens with one attached hydrogen (secondary N) is 1. The monoisotopic (exact) mass is 313 g/mol. The van der Waals surface area contributed by atoms with Gasteiger partial charge in [-0.25, -0.2) is 0 Å². The highest BCUT2D eigenvalue weighted by molar-refractivity contribution is 6.05.